The second kappa shape index (κ2) is 7.29. The van der Waals surface area contributed by atoms with Gasteiger partial charge in [0.2, 0.25) is 0 Å². The van der Waals surface area contributed by atoms with Crippen LogP contribution in [0.2, 0.25) is 5.02 Å². The lowest BCUT2D eigenvalue weighted by atomic mass is 9.98. The summed E-state index contributed by atoms with van der Waals surface area (Å²) in [5, 5.41) is 1.73. The van der Waals surface area contributed by atoms with E-state index in [4.69, 9.17) is 26.1 Å². The summed E-state index contributed by atoms with van der Waals surface area (Å²) < 4.78 is 10.8. The summed E-state index contributed by atoms with van der Waals surface area (Å²) in [5.41, 5.74) is 4.90. The molecule has 0 aliphatic carbocycles. The van der Waals surface area contributed by atoms with Crippen molar-refractivity contribution in [2.75, 3.05) is 14.2 Å². The monoisotopic (exact) mass is 375 g/mol. The van der Waals surface area contributed by atoms with Crippen LogP contribution in [0.1, 0.15) is 0 Å². The molecule has 0 radical (unpaired) electrons. The van der Waals surface area contributed by atoms with E-state index in [-0.39, 0.29) is 0 Å². The fourth-order valence-electron chi connectivity index (χ4n) is 3.20. The number of methoxy groups -OCH3 is 2. The fourth-order valence-corrected chi connectivity index (χ4v) is 3.37. The zero-order valence-electron chi connectivity index (χ0n) is 15.1. The number of fused-ring (bicyclic) bond motifs is 1. The Balaban J connectivity index is 1.97. The van der Waals surface area contributed by atoms with E-state index in [1.54, 1.807) is 14.2 Å². The van der Waals surface area contributed by atoms with Crippen LogP contribution in [0, 0.1) is 0 Å². The summed E-state index contributed by atoms with van der Waals surface area (Å²) in [5.74, 6) is 1.36. The number of nitrogens with zero attached hydrogens (tertiary/aromatic N) is 1. The molecule has 0 saturated heterocycles. The Morgan fingerprint density at radius 1 is 0.741 bits per heavy atom. The minimum absolute atomic E-state index is 0.665. The van der Waals surface area contributed by atoms with Crippen LogP contribution in [0.25, 0.3) is 33.3 Å². The standard InChI is InChI=1S/C23H18ClNO2/c1-26-22-11-8-16(12-23(22)27-2)20-14-19(15-6-4-3-5-7-15)18-10-9-17(24)13-21(18)25-20/h3-14H,1-2H3. The second-order valence-electron chi connectivity index (χ2n) is 6.15. The summed E-state index contributed by atoms with van der Waals surface area (Å²) in [7, 11) is 3.26. The van der Waals surface area contributed by atoms with Crippen molar-refractivity contribution in [3.8, 4) is 33.9 Å². The van der Waals surface area contributed by atoms with Gasteiger partial charge in [-0.25, -0.2) is 4.98 Å². The third-order valence-electron chi connectivity index (χ3n) is 4.54. The van der Waals surface area contributed by atoms with Crippen LogP contribution in [0.4, 0.5) is 0 Å². The SMILES string of the molecule is COc1ccc(-c2cc(-c3ccccc3)c3ccc(Cl)cc3n2)cc1OC. The molecule has 134 valence electrons. The van der Waals surface area contributed by atoms with Crippen molar-refractivity contribution in [2.24, 2.45) is 0 Å². The van der Waals surface area contributed by atoms with Gasteiger partial charge in [0.05, 0.1) is 25.4 Å². The quantitative estimate of drug-likeness (QED) is 0.423. The summed E-state index contributed by atoms with van der Waals surface area (Å²) in [4.78, 5) is 4.84. The van der Waals surface area contributed by atoms with Gasteiger partial charge in [-0.15, -0.1) is 0 Å². The Labute approximate surface area is 163 Å². The second-order valence-corrected chi connectivity index (χ2v) is 6.59. The number of hydrogen-bond donors (Lipinski definition) is 0. The van der Waals surface area contributed by atoms with Crippen LogP contribution in [-0.2, 0) is 0 Å². The summed E-state index contributed by atoms with van der Waals surface area (Å²) in [6, 6.07) is 24.0. The molecule has 0 atom stereocenters. The molecule has 3 nitrogen and oxygen atoms in total. The number of rotatable bonds is 4. The molecule has 0 amide bonds. The molecule has 0 aliphatic rings. The van der Waals surface area contributed by atoms with E-state index in [2.05, 4.69) is 18.2 Å². The molecule has 1 aromatic heterocycles. The van der Waals surface area contributed by atoms with E-state index < -0.39 is 0 Å². The molecule has 4 rings (SSSR count). The molecule has 1 heterocycles. The topological polar surface area (TPSA) is 31.4 Å². The van der Waals surface area contributed by atoms with Crippen LogP contribution in [0.15, 0.2) is 72.8 Å². The van der Waals surface area contributed by atoms with Crippen molar-refractivity contribution < 1.29 is 9.47 Å². The van der Waals surface area contributed by atoms with E-state index >= 15 is 0 Å². The Morgan fingerprint density at radius 3 is 2.26 bits per heavy atom. The van der Waals surface area contributed by atoms with Gasteiger partial charge in [0.1, 0.15) is 0 Å². The van der Waals surface area contributed by atoms with Gasteiger partial charge in [-0.3, -0.25) is 0 Å². The number of pyridine rings is 1. The highest BCUT2D eigenvalue weighted by Crippen LogP contribution is 2.36. The van der Waals surface area contributed by atoms with E-state index in [0.717, 1.165) is 33.3 Å². The minimum atomic E-state index is 0.665. The number of halogens is 1. The van der Waals surface area contributed by atoms with Crippen molar-refractivity contribution in [1.29, 1.82) is 0 Å². The summed E-state index contributed by atoms with van der Waals surface area (Å²) in [6.07, 6.45) is 0. The van der Waals surface area contributed by atoms with Crippen LogP contribution >= 0.6 is 11.6 Å². The Kier molecular flexibility index (Phi) is 4.69. The van der Waals surface area contributed by atoms with Gasteiger partial charge >= 0.3 is 0 Å². The molecular formula is C23H18ClNO2. The van der Waals surface area contributed by atoms with Gasteiger partial charge in [-0.05, 0) is 47.5 Å². The van der Waals surface area contributed by atoms with Gasteiger partial charge in [0.15, 0.2) is 11.5 Å². The highest BCUT2D eigenvalue weighted by atomic mass is 35.5. The third kappa shape index (κ3) is 3.34. The molecule has 0 unspecified atom stereocenters. The zero-order valence-corrected chi connectivity index (χ0v) is 15.8. The molecule has 4 aromatic rings. The molecule has 3 aromatic carbocycles. The fraction of sp³-hybridized carbons (Fsp3) is 0.0870. The number of hydrogen-bond acceptors (Lipinski definition) is 3. The Morgan fingerprint density at radius 2 is 1.52 bits per heavy atom. The predicted molar refractivity (Wildman–Crippen MR) is 111 cm³/mol. The maximum absolute atomic E-state index is 6.23. The zero-order chi connectivity index (χ0) is 18.8. The number of ether oxygens (including phenoxy) is 2. The van der Waals surface area contributed by atoms with Gasteiger partial charge in [0, 0.05) is 16.0 Å². The van der Waals surface area contributed by atoms with E-state index in [9.17, 15) is 0 Å². The molecule has 4 heteroatoms. The normalized spacial score (nSPS) is 10.8. The first-order chi connectivity index (χ1) is 13.2. The minimum Gasteiger partial charge on any atom is -0.493 e. The van der Waals surface area contributed by atoms with Crippen molar-refractivity contribution >= 4 is 22.5 Å². The molecule has 0 fully saturated rings. The average Bonchev–Trinajstić information content (AvgIpc) is 2.72. The highest BCUT2D eigenvalue weighted by molar-refractivity contribution is 6.31. The molecule has 0 N–H and O–H groups in total. The third-order valence-corrected chi connectivity index (χ3v) is 4.77. The van der Waals surface area contributed by atoms with Crippen molar-refractivity contribution in [2.45, 2.75) is 0 Å². The number of aromatic nitrogens is 1. The smallest absolute Gasteiger partial charge is 0.161 e. The highest BCUT2D eigenvalue weighted by Gasteiger charge is 2.12. The largest absolute Gasteiger partial charge is 0.493 e. The lowest BCUT2D eigenvalue weighted by Gasteiger charge is -2.13. The van der Waals surface area contributed by atoms with Gasteiger partial charge < -0.3 is 9.47 Å². The molecule has 0 bridgehead atoms. The predicted octanol–water partition coefficient (Wildman–Crippen LogP) is 6.24. The van der Waals surface area contributed by atoms with Crippen LogP contribution in [0.5, 0.6) is 11.5 Å². The summed E-state index contributed by atoms with van der Waals surface area (Å²) in [6.45, 7) is 0. The lowest BCUT2D eigenvalue weighted by molar-refractivity contribution is 0.355. The molecule has 27 heavy (non-hydrogen) atoms. The molecule has 0 saturated carbocycles. The maximum atomic E-state index is 6.23. The van der Waals surface area contributed by atoms with Crippen molar-refractivity contribution in [1.82, 2.24) is 4.98 Å². The van der Waals surface area contributed by atoms with E-state index in [0.29, 0.717) is 16.5 Å². The Hall–Kier alpha value is -3.04. The first kappa shape index (κ1) is 17.4. The van der Waals surface area contributed by atoms with Gasteiger partial charge in [-0.1, -0.05) is 48.0 Å². The molecule has 0 spiro atoms. The van der Waals surface area contributed by atoms with Crippen LogP contribution < -0.4 is 9.47 Å². The van der Waals surface area contributed by atoms with Crippen molar-refractivity contribution in [3.63, 3.8) is 0 Å². The van der Waals surface area contributed by atoms with Gasteiger partial charge in [0.25, 0.3) is 0 Å². The molecular weight excluding hydrogens is 358 g/mol. The van der Waals surface area contributed by atoms with Crippen LogP contribution in [0.3, 0.4) is 0 Å². The molecule has 0 aliphatic heterocycles. The van der Waals surface area contributed by atoms with Crippen LogP contribution in [-0.4, -0.2) is 19.2 Å². The van der Waals surface area contributed by atoms with E-state index in [1.165, 1.54) is 0 Å². The van der Waals surface area contributed by atoms with Gasteiger partial charge in [-0.2, -0.15) is 0 Å². The van der Waals surface area contributed by atoms with Crippen molar-refractivity contribution in [3.05, 3.63) is 77.8 Å². The van der Waals surface area contributed by atoms with E-state index in [1.807, 2.05) is 54.6 Å². The Bertz CT molecular complexity index is 1110. The summed E-state index contributed by atoms with van der Waals surface area (Å²) >= 11 is 6.23. The first-order valence-corrected chi connectivity index (χ1v) is 8.95. The number of benzene rings is 3. The average molecular weight is 376 g/mol. The lowest BCUT2D eigenvalue weighted by Crippen LogP contribution is -1.93. The maximum Gasteiger partial charge on any atom is 0.161 e. The first-order valence-electron chi connectivity index (χ1n) is 8.58.